The average Bonchev–Trinajstić information content (AvgIpc) is 3.46. The molecule has 1 aliphatic rings. The largest absolute Gasteiger partial charge is 0.497 e. The van der Waals surface area contributed by atoms with Crippen molar-refractivity contribution in [3.63, 3.8) is 0 Å². The smallest absolute Gasteiger partial charge is 0.253 e. The van der Waals surface area contributed by atoms with Crippen LogP contribution in [0.5, 0.6) is 5.75 Å². The third-order valence-electron chi connectivity index (χ3n) is 4.29. The molecule has 9 heteroatoms. The number of nitrogens with zero attached hydrogens (tertiary/aromatic N) is 4. The van der Waals surface area contributed by atoms with E-state index in [2.05, 4.69) is 15.3 Å². The maximum atomic E-state index is 12.9. The number of hydrogen-bond donors (Lipinski definition) is 0. The van der Waals surface area contributed by atoms with Crippen LogP contribution in [0.2, 0.25) is 0 Å². The lowest BCUT2D eigenvalue weighted by Crippen LogP contribution is -2.28. The third kappa shape index (κ3) is 3.95. The van der Waals surface area contributed by atoms with Gasteiger partial charge in [-0.15, -0.1) is 10.2 Å². The van der Waals surface area contributed by atoms with E-state index in [0.29, 0.717) is 6.42 Å². The van der Waals surface area contributed by atoms with E-state index in [9.17, 15) is 4.79 Å². The van der Waals surface area contributed by atoms with Gasteiger partial charge in [0.15, 0.2) is 4.34 Å². The SMILES string of the molecule is COc1ccc(C2=NN(C(=O)CSc3nnc(C)s3)[C@@H](c3ccco3)C2)cc1. The van der Waals surface area contributed by atoms with Crippen LogP contribution in [0.4, 0.5) is 0 Å². The summed E-state index contributed by atoms with van der Waals surface area (Å²) in [5, 5.41) is 15.1. The van der Waals surface area contributed by atoms with Gasteiger partial charge in [-0.3, -0.25) is 4.79 Å². The van der Waals surface area contributed by atoms with E-state index in [1.165, 1.54) is 28.1 Å². The summed E-state index contributed by atoms with van der Waals surface area (Å²) in [5.41, 5.74) is 1.80. The summed E-state index contributed by atoms with van der Waals surface area (Å²) in [7, 11) is 1.63. The highest BCUT2D eigenvalue weighted by Crippen LogP contribution is 2.34. The first kappa shape index (κ1) is 18.7. The van der Waals surface area contributed by atoms with Crippen LogP contribution in [0.25, 0.3) is 0 Å². The standard InChI is InChI=1S/C19H18N4O3S2/c1-12-20-21-19(28-12)27-11-18(24)23-16(17-4-3-9-26-17)10-15(22-23)13-5-7-14(25-2)8-6-13/h3-9,16H,10-11H2,1-2H3/t16-/m1/s1. The third-order valence-corrected chi connectivity index (χ3v) is 6.24. The predicted molar refractivity (Wildman–Crippen MR) is 108 cm³/mol. The summed E-state index contributed by atoms with van der Waals surface area (Å²) in [6, 6.07) is 11.1. The van der Waals surface area contributed by atoms with Crippen molar-refractivity contribution in [3.05, 3.63) is 59.0 Å². The fourth-order valence-electron chi connectivity index (χ4n) is 2.93. The average molecular weight is 415 g/mol. The minimum atomic E-state index is -0.253. The van der Waals surface area contributed by atoms with Gasteiger partial charge in [-0.2, -0.15) is 5.10 Å². The predicted octanol–water partition coefficient (Wildman–Crippen LogP) is 3.92. The molecule has 0 saturated carbocycles. The van der Waals surface area contributed by atoms with Crippen LogP contribution < -0.4 is 4.74 Å². The molecule has 1 aliphatic heterocycles. The maximum absolute atomic E-state index is 12.9. The van der Waals surface area contributed by atoms with E-state index in [-0.39, 0.29) is 17.7 Å². The molecule has 0 aliphatic carbocycles. The number of furan rings is 1. The summed E-state index contributed by atoms with van der Waals surface area (Å²) in [6.07, 6.45) is 2.20. The zero-order chi connectivity index (χ0) is 19.5. The zero-order valence-electron chi connectivity index (χ0n) is 15.4. The van der Waals surface area contributed by atoms with Crippen molar-refractivity contribution in [3.8, 4) is 5.75 Å². The Morgan fingerprint density at radius 2 is 2.14 bits per heavy atom. The number of hydrogen-bond acceptors (Lipinski definition) is 8. The molecular formula is C19H18N4O3S2. The second kappa shape index (κ2) is 8.15. The van der Waals surface area contributed by atoms with Crippen LogP contribution in [0.1, 0.15) is 28.8 Å². The minimum absolute atomic E-state index is 0.0947. The number of rotatable bonds is 6. The van der Waals surface area contributed by atoms with Crippen molar-refractivity contribution in [2.45, 2.75) is 23.7 Å². The Morgan fingerprint density at radius 1 is 1.32 bits per heavy atom. The van der Waals surface area contributed by atoms with Crippen LogP contribution >= 0.6 is 23.1 Å². The lowest BCUT2D eigenvalue weighted by Gasteiger charge is -2.19. The Balaban J connectivity index is 1.55. The number of aromatic nitrogens is 2. The number of methoxy groups -OCH3 is 1. The number of ether oxygens (including phenoxy) is 1. The molecule has 0 fully saturated rings. The number of carbonyl (C=O) groups excluding carboxylic acids is 1. The van der Waals surface area contributed by atoms with Gasteiger partial charge in [-0.05, 0) is 48.9 Å². The van der Waals surface area contributed by atoms with E-state index in [1.807, 2.05) is 43.3 Å². The summed E-state index contributed by atoms with van der Waals surface area (Å²) in [6.45, 7) is 1.89. The van der Waals surface area contributed by atoms with E-state index in [4.69, 9.17) is 9.15 Å². The molecule has 1 aromatic carbocycles. The molecule has 0 spiro atoms. The highest BCUT2D eigenvalue weighted by molar-refractivity contribution is 8.01. The van der Waals surface area contributed by atoms with Crippen LogP contribution in [0.3, 0.4) is 0 Å². The molecule has 2 aromatic heterocycles. The van der Waals surface area contributed by atoms with Crippen LogP contribution in [-0.4, -0.2) is 39.7 Å². The first-order valence-corrected chi connectivity index (χ1v) is 10.4. The van der Waals surface area contributed by atoms with Crippen molar-refractivity contribution in [2.75, 3.05) is 12.9 Å². The maximum Gasteiger partial charge on any atom is 0.253 e. The lowest BCUT2D eigenvalue weighted by molar-refractivity contribution is -0.130. The van der Waals surface area contributed by atoms with Crippen LogP contribution in [0, 0.1) is 6.92 Å². The van der Waals surface area contributed by atoms with Gasteiger partial charge in [-0.1, -0.05) is 23.1 Å². The van der Waals surface area contributed by atoms with Gasteiger partial charge in [-0.25, -0.2) is 5.01 Å². The Morgan fingerprint density at radius 3 is 2.79 bits per heavy atom. The summed E-state index contributed by atoms with van der Waals surface area (Å²) >= 11 is 2.85. The van der Waals surface area contributed by atoms with Crippen molar-refractivity contribution in [2.24, 2.45) is 5.10 Å². The summed E-state index contributed by atoms with van der Waals surface area (Å²) in [4.78, 5) is 12.9. The fourth-order valence-corrected chi connectivity index (χ4v) is 4.60. The summed E-state index contributed by atoms with van der Waals surface area (Å²) in [5.74, 6) is 1.65. The van der Waals surface area contributed by atoms with Crippen molar-refractivity contribution < 1.29 is 13.9 Å². The molecule has 0 N–H and O–H groups in total. The van der Waals surface area contributed by atoms with E-state index in [1.54, 1.807) is 13.4 Å². The van der Waals surface area contributed by atoms with E-state index in [0.717, 1.165) is 32.1 Å². The van der Waals surface area contributed by atoms with Gasteiger partial charge in [0, 0.05) is 6.42 Å². The lowest BCUT2D eigenvalue weighted by atomic mass is 10.0. The van der Waals surface area contributed by atoms with Crippen molar-refractivity contribution in [1.82, 2.24) is 15.2 Å². The first-order chi connectivity index (χ1) is 13.6. The van der Waals surface area contributed by atoms with Gasteiger partial charge in [0.25, 0.3) is 5.91 Å². The zero-order valence-corrected chi connectivity index (χ0v) is 17.0. The summed E-state index contributed by atoms with van der Waals surface area (Å²) < 4.78 is 11.6. The second-order valence-electron chi connectivity index (χ2n) is 6.12. The Hall–Kier alpha value is -2.65. The molecule has 0 radical (unpaired) electrons. The molecule has 3 heterocycles. The van der Waals surface area contributed by atoms with Crippen LogP contribution in [-0.2, 0) is 4.79 Å². The molecule has 3 aromatic rings. The van der Waals surface area contributed by atoms with E-state index >= 15 is 0 Å². The van der Waals surface area contributed by atoms with E-state index < -0.39 is 0 Å². The topological polar surface area (TPSA) is 80.8 Å². The molecule has 144 valence electrons. The molecule has 28 heavy (non-hydrogen) atoms. The van der Waals surface area contributed by atoms with Gasteiger partial charge >= 0.3 is 0 Å². The van der Waals surface area contributed by atoms with Gasteiger partial charge < -0.3 is 9.15 Å². The quantitative estimate of drug-likeness (QED) is 0.569. The Kier molecular flexibility index (Phi) is 5.45. The molecule has 0 bridgehead atoms. The second-order valence-corrected chi connectivity index (χ2v) is 8.53. The number of amides is 1. The molecular weight excluding hydrogens is 396 g/mol. The van der Waals surface area contributed by atoms with Gasteiger partial charge in [0.2, 0.25) is 0 Å². The number of hydrazone groups is 1. The molecule has 0 saturated heterocycles. The highest BCUT2D eigenvalue weighted by atomic mass is 32.2. The monoisotopic (exact) mass is 414 g/mol. The molecule has 4 rings (SSSR count). The molecule has 7 nitrogen and oxygen atoms in total. The molecule has 1 atom stereocenters. The molecule has 1 amide bonds. The Bertz CT molecular complexity index is 983. The number of thioether (sulfide) groups is 1. The Labute approximate surface area is 170 Å². The molecule has 0 unspecified atom stereocenters. The fraction of sp³-hybridized carbons (Fsp3) is 0.263. The number of aryl methyl sites for hydroxylation is 1. The number of benzene rings is 1. The van der Waals surface area contributed by atoms with Crippen LogP contribution in [0.15, 0.2) is 56.5 Å². The minimum Gasteiger partial charge on any atom is -0.497 e. The van der Waals surface area contributed by atoms with Gasteiger partial charge in [0.05, 0.1) is 24.8 Å². The highest BCUT2D eigenvalue weighted by Gasteiger charge is 2.34. The number of carbonyl (C=O) groups is 1. The van der Waals surface area contributed by atoms with Crippen molar-refractivity contribution in [1.29, 1.82) is 0 Å². The van der Waals surface area contributed by atoms with Gasteiger partial charge in [0.1, 0.15) is 22.6 Å². The first-order valence-electron chi connectivity index (χ1n) is 8.64. The van der Waals surface area contributed by atoms with Crippen molar-refractivity contribution >= 4 is 34.7 Å². The normalized spacial score (nSPS) is 16.3.